The van der Waals surface area contributed by atoms with Gasteiger partial charge < -0.3 is 10.0 Å². The maximum Gasteiger partial charge on any atom is 0.327 e. The van der Waals surface area contributed by atoms with Crippen LogP contribution in [0.4, 0.5) is 4.79 Å². The molecule has 5 nitrogen and oxygen atoms in total. The zero-order valence-electron chi connectivity index (χ0n) is 13.0. The molecule has 0 radical (unpaired) electrons. The molecule has 0 saturated carbocycles. The molecule has 0 aromatic rings. The second-order valence-electron chi connectivity index (χ2n) is 6.54. The van der Waals surface area contributed by atoms with Gasteiger partial charge in [-0.3, -0.25) is 4.90 Å². The smallest absolute Gasteiger partial charge is 0.327 e. The van der Waals surface area contributed by atoms with E-state index in [9.17, 15) is 14.7 Å². The summed E-state index contributed by atoms with van der Waals surface area (Å²) < 4.78 is 0.0345. The lowest BCUT2D eigenvalue weighted by molar-refractivity contribution is -0.141. The highest BCUT2D eigenvalue weighted by Crippen LogP contribution is 2.36. The van der Waals surface area contributed by atoms with Crippen LogP contribution in [-0.4, -0.2) is 67.7 Å². The summed E-state index contributed by atoms with van der Waals surface area (Å²) in [5.74, 6) is 0.736. The van der Waals surface area contributed by atoms with Crippen molar-refractivity contribution in [3.05, 3.63) is 0 Å². The van der Waals surface area contributed by atoms with E-state index in [0.717, 1.165) is 5.75 Å². The summed E-state index contributed by atoms with van der Waals surface area (Å²) in [7, 11) is 0. The average molecular weight is 332 g/mol. The van der Waals surface area contributed by atoms with E-state index >= 15 is 0 Å². The molecule has 0 aromatic heterocycles. The van der Waals surface area contributed by atoms with E-state index in [2.05, 4.69) is 13.8 Å². The van der Waals surface area contributed by atoms with Crippen LogP contribution in [0.2, 0.25) is 0 Å². The number of hydrogen-bond donors (Lipinski definition) is 1. The number of amides is 2. The fourth-order valence-electron chi connectivity index (χ4n) is 2.82. The Morgan fingerprint density at radius 1 is 1.33 bits per heavy atom. The second-order valence-corrected chi connectivity index (χ2v) is 9.49. The van der Waals surface area contributed by atoms with E-state index in [1.165, 1.54) is 0 Å². The van der Waals surface area contributed by atoms with Crippen LogP contribution >= 0.6 is 23.5 Å². The molecule has 0 bridgehead atoms. The monoisotopic (exact) mass is 332 g/mol. The van der Waals surface area contributed by atoms with E-state index in [-0.39, 0.29) is 22.1 Å². The quantitative estimate of drug-likeness (QED) is 0.841. The van der Waals surface area contributed by atoms with Gasteiger partial charge in [0.2, 0.25) is 0 Å². The normalized spacial score (nSPS) is 29.0. The van der Waals surface area contributed by atoms with Gasteiger partial charge in [0.05, 0.1) is 5.37 Å². The summed E-state index contributed by atoms with van der Waals surface area (Å²) in [4.78, 5) is 27.8. The molecular formula is C14H24N2O3S2. The zero-order valence-corrected chi connectivity index (χ0v) is 14.7. The number of carbonyl (C=O) groups excluding carboxylic acids is 1. The minimum absolute atomic E-state index is 0.0345. The molecular weight excluding hydrogens is 308 g/mol. The molecule has 0 spiro atoms. The predicted molar refractivity (Wildman–Crippen MR) is 87.9 cm³/mol. The van der Waals surface area contributed by atoms with E-state index < -0.39 is 12.0 Å². The lowest BCUT2D eigenvalue weighted by atomic mass is 10.1. The van der Waals surface area contributed by atoms with Gasteiger partial charge in [-0.2, -0.15) is 11.8 Å². The maximum atomic E-state index is 12.9. The van der Waals surface area contributed by atoms with Crippen LogP contribution in [0.15, 0.2) is 0 Å². The van der Waals surface area contributed by atoms with Crippen molar-refractivity contribution in [3.8, 4) is 0 Å². The molecule has 0 aromatic carbocycles. The van der Waals surface area contributed by atoms with Crippen molar-refractivity contribution in [2.24, 2.45) is 5.92 Å². The zero-order chi connectivity index (χ0) is 15.8. The second kappa shape index (κ2) is 6.28. The molecule has 2 atom stereocenters. The molecule has 120 valence electrons. The van der Waals surface area contributed by atoms with Crippen LogP contribution in [0, 0.1) is 5.92 Å². The maximum absolute atomic E-state index is 12.9. The van der Waals surface area contributed by atoms with E-state index in [1.807, 2.05) is 30.5 Å². The van der Waals surface area contributed by atoms with Gasteiger partial charge >= 0.3 is 12.0 Å². The SMILES string of the molecule is CC(C)C1SCC(C(=O)O)N1C(=O)N1CCSC(C)(C)C1. The van der Waals surface area contributed by atoms with Gasteiger partial charge in [0.15, 0.2) is 0 Å². The third-order valence-electron chi connectivity index (χ3n) is 3.81. The topological polar surface area (TPSA) is 60.9 Å². The number of hydrogen-bond acceptors (Lipinski definition) is 4. The fraction of sp³-hybridized carbons (Fsp3) is 0.857. The van der Waals surface area contributed by atoms with Crippen molar-refractivity contribution in [1.82, 2.24) is 9.80 Å². The van der Waals surface area contributed by atoms with Crippen molar-refractivity contribution in [3.63, 3.8) is 0 Å². The van der Waals surface area contributed by atoms with Gasteiger partial charge in [-0.1, -0.05) is 13.8 Å². The minimum Gasteiger partial charge on any atom is -0.480 e. The number of carbonyl (C=O) groups is 2. The third kappa shape index (κ3) is 3.62. The predicted octanol–water partition coefficient (Wildman–Crippen LogP) is 2.42. The lowest BCUT2D eigenvalue weighted by Crippen LogP contribution is -2.56. The average Bonchev–Trinajstić information content (AvgIpc) is 2.81. The van der Waals surface area contributed by atoms with Gasteiger partial charge in [0.1, 0.15) is 6.04 Å². The molecule has 7 heteroatoms. The summed E-state index contributed by atoms with van der Waals surface area (Å²) >= 11 is 3.44. The first-order valence-electron chi connectivity index (χ1n) is 7.28. The molecule has 2 aliphatic rings. The number of rotatable bonds is 2. The van der Waals surface area contributed by atoms with Crippen LogP contribution in [0.1, 0.15) is 27.7 Å². The molecule has 21 heavy (non-hydrogen) atoms. The molecule has 2 saturated heterocycles. The molecule has 2 fully saturated rings. The number of carboxylic acid groups (broad SMARTS) is 1. The first-order chi connectivity index (χ1) is 9.73. The molecule has 2 aliphatic heterocycles. The van der Waals surface area contributed by atoms with Crippen LogP contribution in [0.5, 0.6) is 0 Å². The molecule has 0 aliphatic carbocycles. The molecule has 2 amide bonds. The van der Waals surface area contributed by atoms with E-state index in [4.69, 9.17) is 0 Å². The summed E-state index contributed by atoms with van der Waals surface area (Å²) in [5, 5.41) is 9.36. The first kappa shape index (κ1) is 16.8. The third-order valence-corrected chi connectivity index (χ3v) is 6.73. The van der Waals surface area contributed by atoms with E-state index in [1.54, 1.807) is 16.7 Å². The van der Waals surface area contributed by atoms with E-state index in [0.29, 0.717) is 18.8 Å². The number of urea groups is 1. The lowest BCUT2D eigenvalue weighted by Gasteiger charge is -2.41. The molecule has 1 N–H and O–H groups in total. The van der Waals surface area contributed by atoms with Crippen molar-refractivity contribution in [2.45, 2.75) is 43.9 Å². The number of carboxylic acids is 1. The number of nitrogens with zero attached hydrogens (tertiary/aromatic N) is 2. The van der Waals surface area contributed by atoms with Gasteiger partial charge in [-0.25, -0.2) is 9.59 Å². The van der Waals surface area contributed by atoms with Crippen molar-refractivity contribution >= 4 is 35.5 Å². The van der Waals surface area contributed by atoms with Gasteiger partial charge in [0, 0.05) is 29.3 Å². The molecule has 2 rings (SSSR count). The highest BCUT2D eigenvalue weighted by molar-refractivity contribution is 8.00. The van der Waals surface area contributed by atoms with Crippen LogP contribution in [-0.2, 0) is 4.79 Å². The van der Waals surface area contributed by atoms with Gasteiger partial charge in [0.25, 0.3) is 0 Å². The Morgan fingerprint density at radius 2 is 2.00 bits per heavy atom. The fourth-order valence-corrected chi connectivity index (χ4v) is 5.39. The minimum atomic E-state index is -0.898. The Bertz CT molecular complexity index is 428. The Morgan fingerprint density at radius 3 is 2.52 bits per heavy atom. The molecule has 2 unspecified atom stereocenters. The number of thioether (sulfide) groups is 2. The van der Waals surface area contributed by atoms with Crippen molar-refractivity contribution < 1.29 is 14.7 Å². The Labute approximate surface area is 134 Å². The number of aliphatic carboxylic acids is 1. The van der Waals surface area contributed by atoms with Crippen molar-refractivity contribution in [1.29, 1.82) is 0 Å². The van der Waals surface area contributed by atoms with Crippen LogP contribution < -0.4 is 0 Å². The Hall–Kier alpha value is -0.560. The van der Waals surface area contributed by atoms with Crippen LogP contribution in [0.3, 0.4) is 0 Å². The summed E-state index contributed by atoms with van der Waals surface area (Å²) in [6.07, 6.45) is 0. The first-order valence-corrected chi connectivity index (χ1v) is 9.32. The highest BCUT2D eigenvalue weighted by Gasteiger charge is 2.45. The summed E-state index contributed by atoms with van der Waals surface area (Å²) in [6, 6.07) is -0.813. The summed E-state index contributed by atoms with van der Waals surface area (Å²) in [6.45, 7) is 9.71. The molecule has 2 heterocycles. The Kier molecular flexibility index (Phi) is 5.03. The van der Waals surface area contributed by atoms with Gasteiger partial charge in [-0.15, -0.1) is 11.8 Å². The van der Waals surface area contributed by atoms with Gasteiger partial charge in [-0.05, 0) is 19.8 Å². The van der Waals surface area contributed by atoms with Crippen molar-refractivity contribution in [2.75, 3.05) is 24.6 Å². The highest BCUT2D eigenvalue weighted by atomic mass is 32.2. The largest absolute Gasteiger partial charge is 0.480 e. The Balaban J connectivity index is 2.18. The van der Waals surface area contributed by atoms with Crippen LogP contribution in [0.25, 0.3) is 0 Å². The summed E-state index contributed by atoms with van der Waals surface area (Å²) in [5.41, 5.74) is 0. The standard InChI is InChI=1S/C14H24N2O3S2/c1-9(2)11-16(10(7-20-11)12(17)18)13(19)15-5-6-21-14(3,4)8-15/h9-11H,5-8H2,1-4H3,(H,17,18).